The van der Waals surface area contributed by atoms with Gasteiger partial charge in [0, 0.05) is 25.6 Å². The average molecular weight is 342 g/mol. The summed E-state index contributed by atoms with van der Waals surface area (Å²) in [6, 6.07) is 5.34. The van der Waals surface area contributed by atoms with Gasteiger partial charge in [0.2, 0.25) is 22.7 Å². The Balaban J connectivity index is 2.00. The van der Waals surface area contributed by atoms with Crippen molar-refractivity contribution in [3.63, 3.8) is 0 Å². The smallest absolute Gasteiger partial charge is 0.231 e. The van der Waals surface area contributed by atoms with E-state index in [-0.39, 0.29) is 38.3 Å². The van der Waals surface area contributed by atoms with E-state index in [2.05, 4.69) is 5.32 Å². The third kappa shape index (κ3) is 4.84. The zero-order valence-electron chi connectivity index (χ0n) is 13.5. The van der Waals surface area contributed by atoms with Crippen LogP contribution in [0.1, 0.15) is 19.4 Å². The quantitative estimate of drug-likeness (QED) is 0.797. The first-order valence-electron chi connectivity index (χ1n) is 7.38. The van der Waals surface area contributed by atoms with Gasteiger partial charge in [-0.05, 0) is 17.7 Å². The van der Waals surface area contributed by atoms with Crippen LogP contribution in [0.4, 0.5) is 0 Å². The van der Waals surface area contributed by atoms with Crippen LogP contribution in [0.25, 0.3) is 0 Å². The largest absolute Gasteiger partial charge is 0.454 e. The monoisotopic (exact) mass is 342 g/mol. The van der Waals surface area contributed by atoms with Crippen LogP contribution in [0.2, 0.25) is 0 Å². The van der Waals surface area contributed by atoms with Crippen LogP contribution in [-0.2, 0) is 21.4 Å². The average Bonchev–Trinajstić information content (AvgIpc) is 2.92. The van der Waals surface area contributed by atoms with Crippen molar-refractivity contribution in [2.75, 3.05) is 26.1 Å². The third-order valence-electron chi connectivity index (χ3n) is 3.45. The van der Waals surface area contributed by atoms with Gasteiger partial charge < -0.3 is 14.8 Å². The van der Waals surface area contributed by atoms with Gasteiger partial charge in [0.1, 0.15) is 0 Å². The highest BCUT2D eigenvalue weighted by Crippen LogP contribution is 2.32. The maximum Gasteiger partial charge on any atom is 0.231 e. The van der Waals surface area contributed by atoms with E-state index in [4.69, 9.17) is 9.47 Å². The van der Waals surface area contributed by atoms with Crippen molar-refractivity contribution >= 4 is 15.9 Å². The van der Waals surface area contributed by atoms with Crippen LogP contribution in [0, 0.1) is 5.92 Å². The number of sulfonamides is 1. The molecule has 0 radical (unpaired) electrons. The van der Waals surface area contributed by atoms with Crippen LogP contribution < -0.4 is 14.8 Å². The molecule has 8 heteroatoms. The molecule has 2 rings (SSSR count). The molecule has 1 heterocycles. The van der Waals surface area contributed by atoms with Crippen LogP contribution in [0.5, 0.6) is 11.5 Å². The summed E-state index contributed by atoms with van der Waals surface area (Å²) in [5.74, 6) is 1.05. The summed E-state index contributed by atoms with van der Waals surface area (Å²) >= 11 is 0. The van der Waals surface area contributed by atoms with Gasteiger partial charge in [-0.15, -0.1) is 0 Å². The Morgan fingerprint density at radius 3 is 2.65 bits per heavy atom. The van der Waals surface area contributed by atoms with Gasteiger partial charge in [0.05, 0.1) is 6.26 Å². The van der Waals surface area contributed by atoms with E-state index in [0.717, 1.165) is 11.8 Å². The molecule has 0 spiro atoms. The maximum absolute atomic E-state index is 11.9. The molecule has 0 saturated heterocycles. The fourth-order valence-electron chi connectivity index (χ4n) is 2.11. The van der Waals surface area contributed by atoms with Crippen molar-refractivity contribution < 1.29 is 22.7 Å². The van der Waals surface area contributed by atoms with Crippen molar-refractivity contribution in [2.24, 2.45) is 5.92 Å². The lowest BCUT2D eigenvalue weighted by molar-refractivity contribution is -0.123. The van der Waals surface area contributed by atoms with Gasteiger partial charge in [-0.2, -0.15) is 4.31 Å². The second kappa shape index (κ2) is 7.18. The molecule has 1 aliphatic heterocycles. The van der Waals surface area contributed by atoms with Crippen molar-refractivity contribution in [1.82, 2.24) is 9.62 Å². The Bertz CT molecular complexity index is 672. The first-order valence-corrected chi connectivity index (χ1v) is 9.23. The number of hydrogen-bond donors (Lipinski definition) is 1. The number of amides is 1. The lowest BCUT2D eigenvalue weighted by Crippen LogP contribution is -2.38. The first kappa shape index (κ1) is 17.6. The number of nitrogens with one attached hydrogen (secondary N) is 1. The van der Waals surface area contributed by atoms with Crippen molar-refractivity contribution in [3.8, 4) is 11.5 Å². The van der Waals surface area contributed by atoms with E-state index in [9.17, 15) is 13.2 Å². The predicted octanol–water partition coefficient (Wildman–Crippen LogP) is 0.949. The second-order valence-electron chi connectivity index (χ2n) is 5.73. The molecule has 0 fully saturated rings. The number of hydrogen-bond acceptors (Lipinski definition) is 5. The van der Waals surface area contributed by atoms with Crippen LogP contribution in [0.3, 0.4) is 0 Å². The zero-order chi connectivity index (χ0) is 17.0. The van der Waals surface area contributed by atoms with Crippen LogP contribution in [-0.4, -0.2) is 44.8 Å². The highest BCUT2D eigenvalue weighted by molar-refractivity contribution is 7.88. The molecule has 0 saturated carbocycles. The minimum atomic E-state index is -3.39. The SMILES string of the molecule is CC(C)C(=O)NCCN(Cc1ccc2c(c1)OCO2)S(C)(=O)=O. The van der Waals surface area contributed by atoms with Gasteiger partial charge in [-0.25, -0.2) is 8.42 Å². The Labute approximate surface area is 136 Å². The molecular formula is C15H22N2O5S. The summed E-state index contributed by atoms with van der Waals surface area (Å²) < 4.78 is 35.7. The summed E-state index contributed by atoms with van der Waals surface area (Å²) in [5.41, 5.74) is 0.801. The minimum Gasteiger partial charge on any atom is -0.454 e. The second-order valence-corrected chi connectivity index (χ2v) is 7.71. The molecule has 1 aliphatic rings. The first-order chi connectivity index (χ1) is 10.8. The number of carbonyl (C=O) groups is 1. The van der Waals surface area contributed by atoms with Crippen molar-refractivity contribution in [3.05, 3.63) is 23.8 Å². The number of ether oxygens (including phenoxy) is 2. The van der Waals surface area contributed by atoms with E-state index in [1.165, 1.54) is 4.31 Å². The molecule has 0 aliphatic carbocycles. The van der Waals surface area contributed by atoms with Gasteiger partial charge in [0.15, 0.2) is 11.5 Å². The normalized spacial score (nSPS) is 13.6. The lowest BCUT2D eigenvalue weighted by atomic mass is 10.2. The molecule has 1 amide bonds. The van der Waals surface area contributed by atoms with Gasteiger partial charge >= 0.3 is 0 Å². The highest BCUT2D eigenvalue weighted by atomic mass is 32.2. The summed E-state index contributed by atoms with van der Waals surface area (Å²) in [7, 11) is -3.39. The number of benzene rings is 1. The van der Waals surface area contributed by atoms with Gasteiger partial charge in [0.25, 0.3) is 0 Å². The molecule has 0 aromatic heterocycles. The standard InChI is InChI=1S/C15H22N2O5S/c1-11(2)15(18)16-6-7-17(23(3,19)20)9-12-4-5-13-14(8-12)22-10-21-13/h4-5,8,11H,6-7,9-10H2,1-3H3,(H,16,18). The molecule has 128 valence electrons. The summed E-state index contributed by atoms with van der Waals surface area (Å²) in [6.07, 6.45) is 1.16. The fraction of sp³-hybridized carbons (Fsp3) is 0.533. The predicted molar refractivity (Wildman–Crippen MR) is 85.7 cm³/mol. The zero-order valence-corrected chi connectivity index (χ0v) is 14.4. The van der Waals surface area contributed by atoms with E-state index >= 15 is 0 Å². The highest BCUT2D eigenvalue weighted by Gasteiger charge is 2.20. The molecular weight excluding hydrogens is 320 g/mol. The van der Waals surface area contributed by atoms with E-state index in [1.54, 1.807) is 32.0 Å². The van der Waals surface area contributed by atoms with Gasteiger partial charge in [-0.3, -0.25) is 4.79 Å². The number of carbonyl (C=O) groups excluding carboxylic acids is 1. The Hall–Kier alpha value is -1.80. The molecule has 1 aromatic rings. The molecule has 1 aromatic carbocycles. The molecule has 1 N–H and O–H groups in total. The topological polar surface area (TPSA) is 84.9 Å². The molecule has 7 nitrogen and oxygen atoms in total. The Kier molecular flexibility index (Phi) is 5.48. The summed E-state index contributed by atoms with van der Waals surface area (Å²) in [5, 5.41) is 2.72. The molecule has 0 atom stereocenters. The maximum atomic E-state index is 11.9. The lowest BCUT2D eigenvalue weighted by Gasteiger charge is -2.20. The van der Waals surface area contributed by atoms with E-state index in [0.29, 0.717) is 11.5 Å². The summed E-state index contributed by atoms with van der Waals surface area (Å²) in [4.78, 5) is 11.6. The molecule has 0 unspecified atom stereocenters. The van der Waals surface area contributed by atoms with E-state index < -0.39 is 10.0 Å². The van der Waals surface area contributed by atoms with Crippen LogP contribution >= 0.6 is 0 Å². The fourth-order valence-corrected chi connectivity index (χ4v) is 2.92. The van der Waals surface area contributed by atoms with E-state index in [1.807, 2.05) is 0 Å². The Morgan fingerprint density at radius 1 is 1.30 bits per heavy atom. The van der Waals surface area contributed by atoms with Gasteiger partial charge in [-0.1, -0.05) is 19.9 Å². The third-order valence-corrected chi connectivity index (χ3v) is 4.70. The summed E-state index contributed by atoms with van der Waals surface area (Å²) in [6.45, 7) is 4.45. The molecule has 23 heavy (non-hydrogen) atoms. The minimum absolute atomic E-state index is 0.0958. The number of nitrogens with zero attached hydrogens (tertiary/aromatic N) is 1. The Morgan fingerprint density at radius 2 is 2.00 bits per heavy atom. The van der Waals surface area contributed by atoms with Crippen molar-refractivity contribution in [1.29, 1.82) is 0 Å². The van der Waals surface area contributed by atoms with Crippen LogP contribution in [0.15, 0.2) is 18.2 Å². The number of fused-ring (bicyclic) bond motifs is 1. The van der Waals surface area contributed by atoms with Crippen molar-refractivity contribution in [2.45, 2.75) is 20.4 Å². The number of rotatable bonds is 7. The molecule has 0 bridgehead atoms.